The molecule has 0 aromatic rings. The molecular weight excluding hydrogens is 200 g/mol. The van der Waals surface area contributed by atoms with Crippen LogP contribution in [0.15, 0.2) is 23.3 Å². The predicted octanol–water partition coefficient (Wildman–Crippen LogP) is 4.24. The highest BCUT2D eigenvalue weighted by Gasteiger charge is 2.06. The van der Waals surface area contributed by atoms with Crippen molar-refractivity contribution < 1.29 is 9.47 Å². The van der Waals surface area contributed by atoms with Crippen LogP contribution in [-0.4, -0.2) is 13.2 Å². The number of hydrogen-bond acceptors (Lipinski definition) is 2. The molecule has 0 aromatic heterocycles. The average molecular weight is 225 g/mol. The zero-order chi connectivity index (χ0) is 12.4. The summed E-state index contributed by atoms with van der Waals surface area (Å²) in [5.74, 6) is 0. The molecule has 0 aliphatic rings. The fourth-order valence-electron chi connectivity index (χ4n) is 1.27. The Balaban J connectivity index is 4.08. The number of rotatable bonds is 8. The van der Waals surface area contributed by atoms with Crippen LogP contribution >= 0.6 is 0 Å². The van der Waals surface area contributed by atoms with Gasteiger partial charge in [-0.1, -0.05) is 17.2 Å². The molecule has 2 heteroatoms. The lowest BCUT2D eigenvalue weighted by Gasteiger charge is -2.11. The van der Waals surface area contributed by atoms with Gasteiger partial charge in [0.1, 0.15) is 0 Å². The Morgan fingerprint density at radius 2 is 1.56 bits per heavy atom. The molecule has 0 aliphatic heterocycles. The zero-order valence-electron chi connectivity index (χ0n) is 11.3. The maximum absolute atomic E-state index is 5.38. The molecule has 0 aliphatic carbocycles. The van der Waals surface area contributed by atoms with Crippen LogP contribution in [0.3, 0.4) is 0 Å². The second-order valence-corrected chi connectivity index (χ2v) is 4.00. The summed E-state index contributed by atoms with van der Waals surface area (Å²) in [6.45, 7) is 11.6. The van der Waals surface area contributed by atoms with E-state index in [2.05, 4.69) is 26.8 Å². The van der Waals surface area contributed by atoms with E-state index in [1.165, 1.54) is 11.1 Å². The third-order valence-corrected chi connectivity index (χ3v) is 2.03. The van der Waals surface area contributed by atoms with Crippen LogP contribution in [0.4, 0.5) is 0 Å². The Kier molecular flexibility index (Phi) is 9.25. The molecule has 0 N–H and O–H groups in total. The maximum atomic E-state index is 5.38. The van der Waals surface area contributed by atoms with Crippen molar-refractivity contribution in [3.63, 3.8) is 0 Å². The van der Waals surface area contributed by atoms with E-state index in [4.69, 9.17) is 9.47 Å². The molecule has 93 valence electrons. The van der Waals surface area contributed by atoms with Crippen molar-refractivity contribution in [2.24, 2.45) is 0 Å². The van der Waals surface area contributed by atoms with Crippen molar-refractivity contribution in [2.75, 3.05) is 13.2 Å². The summed E-state index contributed by atoms with van der Waals surface area (Å²) < 4.78 is 10.8. The number of ether oxygens (including phenoxy) is 2. The topological polar surface area (TPSA) is 18.5 Å². The van der Waals surface area contributed by atoms with Gasteiger partial charge in [0.2, 0.25) is 6.29 Å². The van der Waals surface area contributed by atoms with E-state index in [0.29, 0.717) is 19.5 Å². The highest BCUT2D eigenvalue weighted by molar-refractivity contribution is 5.08. The Labute approximate surface area is 100 Å². The van der Waals surface area contributed by atoms with Gasteiger partial charge in [-0.3, -0.25) is 0 Å². The van der Waals surface area contributed by atoms with Crippen LogP contribution in [0.5, 0.6) is 0 Å². The summed E-state index contributed by atoms with van der Waals surface area (Å²) in [6.07, 6.45) is 7.01. The molecule has 16 heavy (non-hydrogen) atoms. The van der Waals surface area contributed by atoms with E-state index < -0.39 is 0 Å². The van der Waals surface area contributed by atoms with E-state index in [9.17, 15) is 0 Å². The largest absolute Gasteiger partial charge is 0.342 e. The molecule has 0 heterocycles. The van der Waals surface area contributed by atoms with Gasteiger partial charge in [-0.05, 0) is 53.5 Å². The fourth-order valence-corrected chi connectivity index (χ4v) is 1.27. The van der Waals surface area contributed by atoms with Gasteiger partial charge >= 0.3 is 0 Å². The second kappa shape index (κ2) is 9.61. The summed E-state index contributed by atoms with van der Waals surface area (Å²) in [6, 6.07) is 0. The Morgan fingerprint density at radius 1 is 1.00 bits per heavy atom. The van der Waals surface area contributed by atoms with Crippen LogP contribution in [0.1, 0.15) is 47.5 Å². The molecule has 0 rings (SSSR count). The van der Waals surface area contributed by atoms with Gasteiger partial charge in [-0.2, -0.15) is 0 Å². The first-order valence-electron chi connectivity index (χ1n) is 6.03. The van der Waals surface area contributed by atoms with Crippen LogP contribution in [0.25, 0.3) is 0 Å². The van der Waals surface area contributed by atoms with Gasteiger partial charge in [0, 0.05) is 13.2 Å². The molecule has 0 saturated heterocycles. The van der Waals surface area contributed by atoms with Gasteiger partial charge < -0.3 is 9.47 Å². The molecule has 0 amide bonds. The van der Waals surface area contributed by atoms with Crippen molar-refractivity contribution in [1.82, 2.24) is 0 Å². The Bertz CT molecular complexity index is 219. The van der Waals surface area contributed by atoms with Crippen LogP contribution in [-0.2, 0) is 9.47 Å². The van der Waals surface area contributed by atoms with E-state index in [0.717, 1.165) is 12.8 Å². The van der Waals surface area contributed by atoms with Crippen molar-refractivity contribution in [3.05, 3.63) is 29.6 Å². The molecule has 0 spiro atoms. The summed E-state index contributed by atoms with van der Waals surface area (Å²) in [5.41, 5.74) is 2.65. The quantitative estimate of drug-likeness (QED) is 0.575. The van der Waals surface area contributed by atoms with Crippen molar-refractivity contribution in [3.8, 4) is 0 Å². The molecule has 2 nitrogen and oxygen atoms in total. The second-order valence-electron chi connectivity index (χ2n) is 4.00. The first-order valence-corrected chi connectivity index (χ1v) is 6.03. The van der Waals surface area contributed by atoms with Crippen molar-refractivity contribution in [2.45, 2.75) is 47.5 Å². The minimum absolute atomic E-state index is 0.639. The number of allylic oxidation sites excluding steroid dienone is 3. The normalized spacial score (nSPS) is 12.0. The lowest BCUT2D eigenvalue weighted by molar-refractivity contribution is -0.0124. The standard InChI is InChI=1S/C14H25O2/c1-6-15-14(16-7-2)11-13(5)10-8-9-12(3)4/h9,11H,6-8,10H2,1-5H3/b13-11-. The fraction of sp³-hybridized carbons (Fsp3) is 0.643. The molecule has 1 radical (unpaired) electrons. The molecule has 0 aromatic carbocycles. The highest BCUT2D eigenvalue weighted by Crippen LogP contribution is 2.14. The molecule has 0 unspecified atom stereocenters. The van der Waals surface area contributed by atoms with Crippen LogP contribution < -0.4 is 0 Å². The lowest BCUT2D eigenvalue weighted by atomic mass is 10.1. The first kappa shape index (κ1) is 15.4. The van der Waals surface area contributed by atoms with Crippen molar-refractivity contribution >= 4 is 0 Å². The van der Waals surface area contributed by atoms with Crippen LogP contribution in [0, 0.1) is 6.29 Å². The minimum Gasteiger partial charge on any atom is -0.342 e. The third-order valence-electron chi connectivity index (χ3n) is 2.03. The third kappa shape index (κ3) is 8.69. The van der Waals surface area contributed by atoms with E-state index in [1.54, 1.807) is 0 Å². The van der Waals surface area contributed by atoms with E-state index in [-0.39, 0.29) is 0 Å². The predicted molar refractivity (Wildman–Crippen MR) is 68.9 cm³/mol. The summed E-state index contributed by atoms with van der Waals surface area (Å²) in [7, 11) is 0. The SMILES string of the molecule is CCO[C](/C=C(/C)CCC=C(C)C)OCC. The molecule has 0 saturated carbocycles. The summed E-state index contributed by atoms with van der Waals surface area (Å²) in [5, 5.41) is 0. The van der Waals surface area contributed by atoms with E-state index in [1.807, 2.05) is 19.9 Å². The smallest absolute Gasteiger partial charge is 0.248 e. The average Bonchev–Trinajstić information content (AvgIpc) is 2.17. The summed E-state index contributed by atoms with van der Waals surface area (Å²) in [4.78, 5) is 0. The first-order chi connectivity index (χ1) is 7.60. The van der Waals surface area contributed by atoms with Gasteiger partial charge in [-0.25, -0.2) is 0 Å². The highest BCUT2D eigenvalue weighted by atomic mass is 16.7. The van der Waals surface area contributed by atoms with Gasteiger partial charge in [-0.15, -0.1) is 0 Å². The van der Waals surface area contributed by atoms with Crippen LogP contribution in [0.2, 0.25) is 0 Å². The minimum atomic E-state index is 0.639. The van der Waals surface area contributed by atoms with E-state index >= 15 is 0 Å². The van der Waals surface area contributed by atoms with Crippen molar-refractivity contribution in [1.29, 1.82) is 0 Å². The van der Waals surface area contributed by atoms with Gasteiger partial charge in [0.25, 0.3) is 0 Å². The molecule has 0 atom stereocenters. The molecule has 0 bridgehead atoms. The Hall–Kier alpha value is -0.600. The van der Waals surface area contributed by atoms with Gasteiger partial charge in [0.15, 0.2) is 0 Å². The molecule has 0 fully saturated rings. The lowest BCUT2D eigenvalue weighted by Crippen LogP contribution is -2.05. The monoisotopic (exact) mass is 225 g/mol. The number of hydrogen-bond donors (Lipinski definition) is 0. The maximum Gasteiger partial charge on any atom is 0.248 e. The van der Waals surface area contributed by atoms with Gasteiger partial charge in [0.05, 0.1) is 0 Å². The Morgan fingerprint density at radius 3 is 2.00 bits per heavy atom. The summed E-state index contributed by atoms with van der Waals surface area (Å²) >= 11 is 0. The zero-order valence-corrected chi connectivity index (χ0v) is 11.3. The molecular formula is C14H25O2.